The molecule has 1 fully saturated rings. The van der Waals surface area contributed by atoms with Crippen molar-refractivity contribution in [3.63, 3.8) is 0 Å². The fourth-order valence-corrected chi connectivity index (χ4v) is 1.56. The Balaban J connectivity index is 0.00000144. The molecule has 0 unspecified atom stereocenters. The number of carbonyl (C=O) groups excluding carboxylic acids is 1. The summed E-state index contributed by atoms with van der Waals surface area (Å²) >= 11 is 0. The topological polar surface area (TPSA) is 54.0 Å². The Morgan fingerprint density at radius 2 is 2.29 bits per heavy atom. The van der Waals surface area contributed by atoms with Gasteiger partial charge in [-0.2, -0.15) is 13.5 Å². The lowest BCUT2D eigenvalue weighted by molar-refractivity contribution is -0.117. The number of hydrogen-bond acceptors (Lipinski definition) is 3. The minimum atomic E-state index is -0.989. The van der Waals surface area contributed by atoms with Gasteiger partial charge in [0, 0.05) is 13.0 Å². The fourth-order valence-electron chi connectivity index (χ4n) is 1.56. The first kappa shape index (κ1) is 13.9. The molecule has 1 aromatic rings. The van der Waals surface area contributed by atoms with E-state index in [1.54, 1.807) is 0 Å². The van der Waals surface area contributed by atoms with Crippen molar-refractivity contribution in [2.75, 3.05) is 11.9 Å². The van der Waals surface area contributed by atoms with Crippen LogP contribution >= 0.6 is 13.5 Å². The van der Waals surface area contributed by atoms with Crippen LogP contribution in [0.4, 0.5) is 14.6 Å². The molecule has 0 radical (unpaired) electrons. The number of aromatic nitrogens is 1. The Morgan fingerprint density at radius 1 is 1.53 bits per heavy atom. The van der Waals surface area contributed by atoms with Crippen LogP contribution in [0.1, 0.15) is 6.42 Å². The maximum Gasteiger partial charge on any atom is 0.242 e. The molecule has 0 aromatic carbocycles. The molecule has 1 aliphatic rings. The number of amides is 1. The summed E-state index contributed by atoms with van der Waals surface area (Å²) in [6.07, 6.45) is 0.180. The van der Waals surface area contributed by atoms with Crippen LogP contribution in [-0.4, -0.2) is 29.6 Å². The second-order valence-corrected chi connectivity index (χ2v) is 3.64. The Morgan fingerprint density at radius 3 is 2.82 bits per heavy atom. The highest BCUT2D eigenvalue weighted by molar-refractivity contribution is 7.59. The highest BCUT2D eigenvalue weighted by Gasteiger charge is 2.29. The summed E-state index contributed by atoms with van der Waals surface area (Å²) in [5.74, 6) is -0.560. The first-order valence-corrected chi connectivity index (χ1v) is 4.95. The fraction of sp³-hybridized carbons (Fsp3) is 0.400. The average molecular weight is 261 g/mol. The number of hydrogen-bond donors (Lipinski definition) is 2. The van der Waals surface area contributed by atoms with Crippen LogP contribution in [-0.2, 0) is 4.79 Å². The maximum absolute atomic E-state index is 12.8. The first-order chi connectivity index (χ1) is 7.65. The van der Waals surface area contributed by atoms with Crippen molar-refractivity contribution in [2.24, 2.45) is 0 Å². The van der Waals surface area contributed by atoms with Crippen LogP contribution < -0.4 is 10.6 Å². The van der Waals surface area contributed by atoms with E-state index in [-0.39, 0.29) is 38.2 Å². The summed E-state index contributed by atoms with van der Waals surface area (Å²) in [6.45, 7) is 0.189. The van der Waals surface area contributed by atoms with Crippen molar-refractivity contribution in [1.82, 2.24) is 10.3 Å². The number of anilines is 1. The van der Waals surface area contributed by atoms with Gasteiger partial charge in [0.05, 0.1) is 12.2 Å². The second kappa shape index (κ2) is 5.92. The van der Waals surface area contributed by atoms with Gasteiger partial charge in [-0.1, -0.05) is 0 Å². The molecule has 4 nitrogen and oxygen atoms in total. The van der Waals surface area contributed by atoms with Crippen LogP contribution in [0.15, 0.2) is 18.3 Å². The number of halogens is 2. The molecule has 94 valence electrons. The van der Waals surface area contributed by atoms with Crippen LogP contribution in [0, 0.1) is 5.82 Å². The Kier molecular flexibility index (Phi) is 4.83. The van der Waals surface area contributed by atoms with Gasteiger partial charge in [-0.15, -0.1) is 0 Å². The molecule has 2 atom stereocenters. The summed E-state index contributed by atoms with van der Waals surface area (Å²) in [7, 11) is 0. The third kappa shape index (κ3) is 3.64. The Bertz CT molecular complexity index is 388. The first-order valence-electron chi connectivity index (χ1n) is 4.95. The smallest absolute Gasteiger partial charge is 0.242 e. The maximum atomic E-state index is 12.8. The van der Waals surface area contributed by atoms with Crippen molar-refractivity contribution >= 4 is 25.2 Å². The van der Waals surface area contributed by atoms with Gasteiger partial charge in [-0.3, -0.25) is 4.79 Å². The van der Waals surface area contributed by atoms with Gasteiger partial charge in [0.15, 0.2) is 0 Å². The molecule has 1 amide bonds. The Hall–Kier alpha value is -1.21. The molecule has 0 spiro atoms. The number of alkyl halides is 1. The number of nitrogens with zero attached hydrogens (tertiary/aromatic N) is 1. The highest BCUT2D eigenvalue weighted by atomic mass is 32.1. The lowest BCUT2D eigenvalue weighted by Gasteiger charge is -2.09. The quantitative estimate of drug-likeness (QED) is 0.834. The minimum Gasteiger partial charge on any atom is -0.309 e. The van der Waals surface area contributed by atoms with Gasteiger partial charge >= 0.3 is 0 Å². The predicted molar refractivity (Wildman–Crippen MR) is 64.5 cm³/mol. The molecule has 17 heavy (non-hydrogen) atoms. The van der Waals surface area contributed by atoms with E-state index >= 15 is 0 Å². The zero-order chi connectivity index (χ0) is 11.5. The molecular weight excluding hydrogens is 248 g/mol. The number of pyridine rings is 1. The summed E-state index contributed by atoms with van der Waals surface area (Å²) in [5.41, 5.74) is 0. The molecule has 1 aromatic heterocycles. The van der Waals surface area contributed by atoms with Crippen LogP contribution in [0.25, 0.3) is 0 Å². The van der Waals surface area contributed by atoms with Crippen molar-refractivity contribution in [3.8, 4) is 0 Å². The van der Waals surface area contributed by atoms with E-state index in [2.05, 4.69) is 15.6 Å². The van der Waals surface area contributed by atoms with E-state index in [0.29, 0.717) is 0 Å². The zero-order valence-corrected chi connectivity index (χ0v) is 9.91. The molecule has 0 bridgehead atoms. The average Bonchev–Trinajstić information content (AvgIpc) is 2.68. The Labute approximate surface area is 104 Å². The summed E-state index contributed by atoms with van der Waals surface area (Å²) in [4.78, 5) is 15.3. The minimum absolute atomic E-state index is 0. The zero-order valence-electron chi connectivity index (χ0n) is 8.91. The summed E-state index contributed by atoms with van der Waals surface area (Å²) in [6, 6.07) is 2.01. The van der Waals surface area contributed by atoms with Crippen molar-refractivity contribution < 1.29 is 13.6 Å². The van der Waals surface area contributed by atoms with Gasteiger partial charge in [0.1, 0.15) is 17.8 Å². The molecule has 7 heteroatoms. The monoisotopic (exact) mass is 261 g/mol. The van der Waals surface area contributed by atoms with E-state index in [4.69, 9.17) is 0 Å². The lowest BCUT2D eigenvalue weighted by atomic mass is 10.2. The van der Waals surface area contributed by atoms with E-state index in [1.807, 2.05) is 0 Å². The van der Waals surface area contributed by atoms with Crippen molar-refractivity contribution in [3.05, 3.63) is 24.1 Å². The molecule has 0 aliphatic carbocycles. The third-order valence-corrected chi connectivity index (χ3v) is 2.37. The summed E-state index contributed by atoms with van der Waals surface area (Å²) in [5, 5.41) is 5.23. The third-order valence-electron chi connectivity index (χ3n) is 2.37. The standard InChI is InChI=1S/C10H11F2N3O.H2S/c11-6-1-2-9(14-4-6)15-10(16)8-3-7(12)5-13-8;/h1-2,4,7-8,13H,3,5H2,(H,14,15,16);1H2/t7-,8+;/m1./s1. The van der Waals surface area contributed by atoms with Crippen LogP contribution in [0.3, 0.4) is 0 Å². The van der Waals surface area contributed by atoms with Crippen LogP contribution in [0.2, 0.25) is 0 Å². The number of nitrogens with one attached hydrogen (secondary N) is 2. The largest absolute Gasteiger partial charge is 0.309 e. The van der Waals surface area contributed by atoms with E-state index in [1.165, 1.54) is 12.1 Å². The van der Waals surface area contributed by atoms with Gasteiger partial charge in [0.25, 0.3) is 0 Å². The van der Waals surface area contributed by atoms with Gasteiger partial charge in [-0.05, 0) is 12.1 Å². The number of carbonyl (C=O) groups is 1. The second-order valence-electron chi connectivity index (χ2n) is 3.64. The van der Waals surface area contributed by atoms with Gasteiger partial charge < -0.3 is 10.6 Å². The van der Waals surface area contributed by atoms with E-state index in [0.717, 1.165) is 6.20 Å². The molecule has 1 aliphatic heterocycles. The lowest BCUT2D eigenvalue weighted by Crippen LogP contribution is -2.35. The molecule has 0 saturated carbocycles. The van der Waals surface area contributed by atoms with E-state index in [9.17, 15) is 13.6 Å². The highest BCUT2D eigenvalue weighted by Crippen LogP contribution is 2.12. The molecular formula is C10H13F2N3OS. The summed E-state index contributed by atoms with van der Waals surface area (Å²) < 4.78 is 25.4. The molecule has 2 rings (SSSR count). The van der Waals surface area contributed by atoms with Crippen molar-refractivity contribution in [2.45, 2.75) is 18.6 Å². The SMILES string of the molecule is O=C(Nc1ccc(F)cn1)[C@@H]1C[C@@H](F)CN1.S. The molecule has 2 N–H and O–H groups in total. The predicted octanol–water partition coefficient (Wildman–Crippen LogP) is 0.972. The van der Waals surface area contributed by atoms with Crippen molar-refractivity contribution in [1.29, 1.82) is 0 Å². The van der Waals surface area contributed by atoms with E-state index < -0.39 is 18.0 Å². The van der Waals surface area contributed by atoms with Gasteiger partial charge in [0.2, 0.25) is 5.91 Å². The molecule has 2 heterocycles. The number of rotatable bonds is 2. The molecule has 1 saturated heterocycles. The normalized spacial score (nSPS) is 22.9. The van der Waals surface area contributed by atoms with Crippen LogP contribution in [0.5, 0.6) is 0 Å². The van der Waals surface area contributed by atoms with Gasteiger partial charge in [-0.25, -0.2) is 13.8 Å².